The van der Waals surface area contributed by atoms with Gasteiger partial charge in [0.15, 0.2) is 0 Å². The van der Waals surface area contributed by atoms with E-state index in [4.69, 9.17) is 9.15 Å². The normalized spacial score (nSPS) is 12.9. The van der Waals surface area contributed by atoms with Gasteiger partial charge < -0.3 is 14.3 Å². The van der Waals surface area contributed by atoms with E-state index in [-0.39, 0.29) is 0 Å². The van der Waals surface area contributed by atoms with E-state index < -0.39 is 6.10 Å². The van der Waals surface area contributed by atoms with Gasteiger partial charge in [0.2, 0.25) is 0 Å². The largest absolute Gasteiger partial charge is 0.467 e. The lowest BCUT2D eigenvalue weighted by atomic mass is 10.1. The zero-order valence-electron chi connectivity index (χ0n) is 14.9. The quantitative estimate of drug-likeness (QED) is 0.722. The number of aliphatic hydroxyl groups is 1. The Kier molecular flexibility index (Phi) is 7.50. The van der Waals surface area contributed by atoms with Gasteiger partial charge in [-0.15, -0.1) is 0 Å². The van der Waals surface area contributed by atoms with Gasteiger partial charge in [-0.3, -0.25) is 4.90 Å². The van der Waals surface area contributed by atoms with Gasteiger partial charge in [0.05, 0.1) is 19.0 Å². The van der Waals surface area contributed by atoms with Gasteiger partial charge in [0.1, 0.15) is 12.4 Å². The Morgan fingerprint density at radius 2 is 1.88 bits per heavy atom. The monoisotopic (exact) mass is 331 g/mol. The molecule has 1 unspecified atom stereocenters. The van der Waals surface area contributed by atoms with Gasteiger partial charge in [-0.2, -0.15) is 0 Å². The lowest BCUT2D eigenvalue weighted by molar-refractivity contribution is 0.00224. The highest BCUT2D eigenvalue weighted by Crippen LogP contribution is 2.10. The molecule has 4 heteroatoms. The van der Waals surface area contributed by atoms with Crippen LogP contribution in [0.1, 0.15) is 30.7 Å². The molecule has 0 saturated heterocycles. The first-order valence-electron chi connectivity index (χ1n) is 8.59. The Morgan fingerprint density at radius 1 is 1.12 bits per heavy atom. The molecule has 24 heavy (non-hydrogen) atoms. The van der Waals surface area contributed by atoms with E-state index in [0.29, 0.717) is 25.7 Å². The third-order valence-corrected chi connectivity index (χ3v) is 3.75. The van der Waals surface area contributed by atoms with Crippen molar-refractivity contribution >= 4 is 0 Å². The lowest BCUT2D eigenvalue weighted by Crippen LogP contribution is -2.36. The van der Waals surface area contributed by atoms with Crippen molar-refractivity contribution in [3.63, 3.8) is 0 Å². The molecule has 0 spiro atoms. The molecule has 1 aromatic heterocycles. The second kappa shape index (κ2) is 9.62. The van der Waals surface area contributed by atoms with Crippen LogP contribution in [0.4, 0.5) is 0 Å². The van der Waals surface area contributed by atoms with Gasteiger partial charge >= 0.3 is 0 Å². The maximum absolute atomic E-state index is 10.3. The summed E-state index contributed by atoms with van der Waals surface area (Å²) in [6.07, 6.45) is 1.12. The highest BCUT2D eigenvalue weighted by Gasteiger charge is 2.14. The minimum absolute atomic E-state index is 0.309. The molecule has 2 aromatic rings. The number of furan rings is 1. The average molecular weight is 331 g/mol. The van der Waals surface area contributed by atoms with Gasteiger partial charge in [-0.25, -0.2) is 0 Å². The standard InChI is InChI=1S/C20H29NO3/c1-16(2)11-21(12-18-8-6-17(3)7-9-18)13-19(22)14-23-15-20-5-4-10-24-20/h4-10,16,19,22H,11-15H2,1-3H3. The number of hydrogen-bond acceptors (Lipinski definition) is 4. The summed E-state index contributed by atoms with van der Waals surface area (Å²) in [6.45, 7) is 9.58. The van der Waals surface area contributed by atoms with Crippen molar-refractivity contribution in [3.8, 4) is 0 Å². The fourth-order valence-electron chi connectivity index (χ4n) is 2.71. The maximum atomic E-state index is 10.3. The topological polar surface area (TPSA) is 45.8 Å². The van der Waals surface area contributed by atoms with Crippen molar-refractivity contribution < 1.29 is 14.3 Å². The number of ether oxygens (including phenoxy) is 1. The number of benzene rings is 1. The summed E-state index contributed by atoms with van der Waals surface area (Å²) >= 11 is 0. The van der Waals surface area contributed by atoms with Gasteiger partial charge in [-0.1, -0.05) is 43.7 Å². The smallest absolute Gasteiger partial charge is 0.129 e. The zero-order valence-corrected chi connectivity index (χ0v) is 14.9. The Bertz CT molecular complexity index is 563. The molecule has 0 fully saturated rings. The van der Waals surface area contributed by atoms with E-state index >= 15 is 0 Å². The molecule has 1 atom stereocenters. The van der Waals surface area contributed by atoms with Crippen LogP contribution in [0, 0.1) is 12.8 Å². The first kappa shape index (κ1) is 18.7. The van der Waals surface area contributed by atoms with Crippen LogP contribution in [0.15, 0.2) is 47.1 Å². The highest BCUT2D eigenvalue weighted by molar-refractivity contribution is 5.21. The fourth-order valence-corrected chi connectivity index (χ4v) is 2.71. The van der Waals surface area contributed by atoms with E-state index in [1.807, 2.05) is 12.1 Å². The molecule has 132 valence electrons. The highest BCUT2D eigenvalue weighted by atomic mass is 16.5. The molecule has 0 aliphatic rings. The number of hydrogen-bond donors (Lipinski definition) is 1. The van der Waals surface area contributed by atoms with Gasteiger partial charge in [0.25, 0.3) is 0 Å². The molecule has 0 bridgehead atoms. The summed E-state index contributed by atoms with van der Waals surface area (Å²) in [6, 6.07) is 12.3. The summed E-state index contributed by atoms with van der Waals surface area (Å²) in [7, 11) is 0. The summed E-state index contributed by atoms with van der Waals surface area (Å²) < 4.78 is 10.8. The molecular formula is C20H29NO3. The predicted octanol–water partition coefficient (Wildman–Crippen LogP) is 3.62. The molecule has 0 saturated carbocycles. The Balaban J connectivity index is 1.81. The summed E-state index contributed by atoms with van der Waals surface area (Å²) in [5.41, 5.74) is 2.53. The van der Waals surface area contributed by atoms with Crippen LogP contribution in [0.3, 0.4) is 0 Å². The van der Waals surface area contributed by atoms with E-state index in [9.17, 15) is 5.11 Å². The van der Waals surface area contributed by atoms with Crippen LogP contribution in [0.25, 0.3) is 0 Å². The van der Waals surface area contributed by atoms with Crippen molar-refractivity contribution in [2.75, 3.05) is 19.7 Å². The third-order valence-electron chi connectivity index (χ3n) is 3.75. The van der Waals surface area contributed by atoms with E-state index in [0.717, 1.165) is 18.8 Å². The summed E-state index contributed by atoms with van der Waals surface area (Å²) in [5, 5.41) is 10.3. The minimum Gasteiger partial charge on any atom is -0.467 e. The van der Waals surface area contributed by atoms with E-state index in [2.05, 4.69) is 49.9 Å². The molecule has 4 nitrogen and oxygen atoms in total. The van der Waals surface area contributed by atoms with Crippen LogP contribution in [-0.4, -0.2) is 35.8 Å². The Morgan fingerprint density at radius 3 is 2.50 bits per heavy atom. The Hall–Kier alpha value is -1.62. The van der Waals surface area contributed by atoms with Crippen LogP contribution >= 0.6 is 0 Å². The zero-order chi connectivity index (χ0) is 17.4. The number of aryl methyl sites for hydroxylation is 1. The predicted molar refractivity (Wildman–Crippen MR) is 95.7 cm³/mol. The van der Waals surface area contributed by atoms with Crippen molar-refractivity contribution in [3.05, 3.63) is 59.5 Å². The molecular weight excluding hydrogens is 302 g/mol. The molecule has 1 aromatic carbocycles. The lowest BCUT2D eigenvalue weighted by Gasteiger charge is -2.26. The first-order valence-corrected chi connectivity index (χ1v) is 8.59. The summed E-state index contributed by atoms with van der Waals surface area (Å²) in [4.78, 5) is 2.29. The molecule has 0 aliphatic carbocycles. The van der Waals surface area contributed by atoms with Crippen molar-refractivity contribution in [1.29, 1.82) is 0 Å². The molecule has 1 heterocycles. The number of aliphatic hydroxyl groups excluding tert-OH is 1. The molecule has 0 radical (unpaired) electrons. The van der Waals surface area contributed by atoms with Crippen LogP contribution in [0.2, 0.25) is 0 Å². The number of nitrogens with zero attached hydrogens (tertiary/aromatic N) is 1. The number of rotatable bonds is 10. The van der Waals surface area contributed by atoms with E-state index in [1.54, 1.807) is 6.26 Å². The van der Waals surface area contributed by atoms with Crippen molar-refractivity contribution in [2.24, 2.45) is 5.92 Å². The second-order valence-electron chi connectivity index (χ2n) is 6.82. The van der Waals surface area contributed by atoms with Crippen LogP contribution in [0.5, 0.6) is 0 Å². The summed E-state index contributed by atoms with van der Waals surface area (Å²) in [5.74, 6) is 1.33. The van der Waals surface area contributed by atoms with Crippen LogP contribution in [-0.2, 0) is 17.9 Å². The maximum Gasteiger partial charge on any atom is 0.129 e. The van der Waals surface area contributed by atoms with Crippen molar-refractivity contribution in [1.82, 2.24) is 4.90 Å². The molecule has 0 amide bonds. The van der Waals surface area contributed by atoms with Gasteiger partial charge in [0, 0.05) is 19.6 Å². The Labute approximate surface area is 145 Å². The van der Waals surface area contributed by atoms with Crippen LogP contribution < -0.4 is 0 Å². The first-order chi connectivity index (χ1) is 11.5. The average Bonchev–Trinajstić information content (AvgIpc) is 3.02. The minimum atomic E-state index is -0.510. The molecule has 0 aliphatic heterocycles. The SMILES string of the molecule is Cc1ccc(CN(CC(C)C)CC(O)COCc2ccco2)cc1. The molecule has 1 N–H and O–H groups in total. The molecule has 2 rings (SSSR count). The van der Waals surface area contributed by atoms with Gasteiger partial charge in [-0.05, 0) is 30.5 Å². The third kappa shape index (κ3) is 6.87. The second-order valence-corrected chi connectivity index (χ2v) is 6.82. The fraction of sp³-hybridized carbons (Fsp3) is 0.500. The van der Waals surface area contributed by atoms with E-state index in [1.165, 1.54) is 11.1 Å². The van der Waals surface area contributed by atoms with Crippen molar-refractivity contribution in [2.45, 2.75) is 40.0 Å².